The Bertz CT molecular complexity index is 914. The van der Waals surface area contributed by atoms with Crippen LogP contribution < -0.4 is 0 Å². The molecular weight excluding hydrogens is 301 g/mol. The Kier molecular flexibility index (Phi) is 3.66. The largest absolute Gasteiger partial charge is 0.327 e. The highest BCUT2D eigenvalue weighted by atomic mass is 35.5. The van der Waals surface area contributed by atoms with Crippen molar-refractivity contribution >= 4 is 34.3 Å². The molecule has 3 aromatic rings. The molecule has 0 atom stereocenters. The summed E-state index contributed by atoms with van der Waals surface area (Å²) >= 11 is 6.02. The first-order valence-corrected chi connectivity index (χ1v) is 6.97. The van der Waals surface area contributed by atoms with Gasteiger partial charge >= 0.3 is 0 Å². The number of para-hydroxylation sites is 2. The number of allylic oxidation sites excluding steroid dienone is 1. The minimum atomic E-state index is -0.473. The molecule has 1 heterocycles. The highest BCUT2D eigenvalue weighted by Gasteiger charge is 2.13. The van der Waals surface area contributed by atoms with Crippen LogP contribution in [0.1, 0.15) is 11.4 Å². The molecule has 5 heteroatoms. The molecule has 0 aliphatic heterocycles. The van der Waals surface area contributed by atoms with Gasteiger partial charge in [0.25, 0.3) is 0 Å². The third-order valence-corrected chi connectivity index (χ3v) is 3.77. The lowest BCUT2D eigenvalue weighted by Crippen LogP contribution is -1.96. The zero-order valence-corrected chi connectivity index (χ0v) is 12.5. The van der Waals surface area contributed by atoms with E-state index in [4.69, 9.17) is 11.6 Å². The van der Waals surface area contributed by atoms with Gasteiger partial charge in [0.1, 0.15) is 11.9 Å². The van der Waals surface area contributed by atoms with E-state index >= 15 is 0 Å². The summed E-state index contributed by atoms with van der Waals surface area (Å²) < 4.78 is 15.7. The topological polar surface area (TPSA) is 41.6 Å². The first-order chi connectivity index (χ1) is 10.6. The van der Waals surface area contributed by atoms with Crippen LogP contribution in [-0.4, -0.2) is 9.55 Å². The van der Waals surface area contributed by atoms with Crippen LogP contribution in [0.3, 0.4) is 0 Å². The van der Waals surface area contributed by atoms with E-state index < -0.39 is 5.82 Å². The summed E-state index contributed by atoms with van der Waals surface area (Å²) in [6.45, 7) is 0. The third-order valence-electron chi connectivity index (χ3n) is 3.44. The SMILES string of the molecule is Cn1c(/C(C#N)=C\c2c(F)cccc2Cl)nc2ccccc21. The fraction of sp³-hybridized carbons (Fsp3) is 0.0588. The third kappa shape index (κ3) is 2.36. The number of nitriles is 1. The quantitative estimate of drug-likeness (QED) is 0.657. The Hall–Kier alpha value is -2.64. The molecule has 0 bridgehead atoms. The van der Waals surface area contributed by atoms with Gasteiger partial charge in [0, 0.05) is 12.6 Å². The maximum atomic E-state index is 13.9. The normalized spacial score (nSPS) is 11.6. The Balaban J connectivity index is 2.21. The van der Waals surface area contributed by atoms with Gasteiger partial charge in [-0.25, -0.2) is 9.37 Å². The van der Waals surface area contributed by atoms with Gasteiger partial charge < -0.3 is 4.57 Å². The van der Waals surface area contributed by atoms with E-state index in [1.807, 2.05) is 31.3 Å². The zero-order valence-electron chi connectivity index (χ0n) is 11.7. The van der Waals surface area contributed by atoms with Crippen molar-refractivity contribution in [3.05, 3.63) is 64.7 Å². The van der Waals surface area contributed by atoms with Crippen molar-refractivity contribution in [2.24, 2.45) is 7.05 Å². The molecule has 1 aromatic heterocycles. The molecule has 0 N–H and O–H groups in total. The van der Waals surface area contributed by atoms with Gasteiger partial charge in [0.2, 0.25) is 0 Å². The molecule has 0 spiro atoms. The molecule has 108 valence electrons. The standard InChI is InChI=1S/C17H11ClFN3/c1-22-16-8-3-2-7-15(16)21-17(22)11(10-20)9-12-13(18)5-4-6-14(12)19/h2-9H,1H3/b11-9-. The van der Waals surface area contributed by atoms with Crippen LogP contribution in [0.5, 0.6) is 0 Å². The van der Waals surface area contributed by atoms with E-state index in [-0.39, 0.29) is 16.2 Å². The van der Waals surface area contributed by atoms with E-state index in [0.29, 0.717) is 5.82 Å². The Morgan fingerprint density at radius 3 is 2.73 bits per heavy atom. The highest BCUT2D eigenvalue weighted by molar-refractivity contribution is 6.32. The van der Waals surface area contributed by atoms with Crippen molar-refractivity contribution in [1.82, 2.24) is 9.55 Å². The van der Waals surface area contributed by atoms with Crippen molar-refractivity contribution in [2.75, 3.05) is 0 Å². The molecule has 0 unspecified atom stereocenters. The Morgan fingerprint density at radius 1 is 1.27 bits per heavy atom. The van der Waals surface area contributed by atoms with Crippen molar-refractivity contribution < 1.29 is 4.39 Å². The van der Waals surface area contributed by atoms with Gasteiger partial charge in [-0.05, 0) is 30.3 Å². The molecule has 0 aliphatic rings. The number of aryl methyl sites for hydroxylation is 1. The van der Waals surface area contributed by atoms with E-state index in [1.54, 1.807) is 10.6 Å². The number of hydrogen-bond donors (Lipinski definition) is 0. The van der Waals surface area contributed by atoms with Gasteiger partial charge in [-0.1, -0.05) is 29.8 Å². The minimum Gasteiger partial charge on any atom is -0.327 e. The van der Waals surface area contributed by atoms with Crippen LogP contribution in [0.25, 0.3) is 22.7 Å². The summed E-state index contributed by atoms with van der Waals surface area (Å²) in [5, 5.41) is 9.69. The van der Waals surface area contributed by atoms with Crippen LogP contribution in [0.2, 0.25) is 5.02 Å². The lowest BCUT2D eigenvalue weighted by Gasteiger charge is -2.03. The smallest absolute Gasteiger partial charge is 0.151 e. The number of hydrogen-bond acceptors (Lipinski definition) is 2. The van der Waals surface area contributed by atoms with Gasteiger partial charge in [0.05, 0.1) is 21.6 Å². The molecule has 0 fully saturated rings. The number of benzene rings is 2. The number of fused-ring (bicyclic) bond motifs is 1. The van der Waals surface area contributed by atoms with Crippen LogP contribution in [0, 0.1) is 17.1 Å². The highest BCUT2D eigenvalue weighted by Crippen LogP contribution is 2.26. The number of rotatable bonds is 2. The number of nitrogens with zero attached hydrogens (tertiary/aromatic N) is 3. The first-order valence-electron chi connectivity index (χ1n) is 6.59. The fourth-order valence-electron chi connectivity index (χ4n) is 2.33. The van der Waals surface area contributed by atoms with E-state index in [1.165, 1.54) is 18.2 Å². The molecule has 2 aromatic carbocycles. The molecule has 3 rings (SSSR count). The van der Waals surface area contributed by atoms with E-state index in [2.05, 4.69) is 11.1 Å². The van der Waals surface area contributed by atoms with Gasteiger partial charge in [-0.3, -0.25) is 0 Å². The lowest BCUT2D eigenvalue weighted by atomic mass is 10.1. The second-order valence-electron chi connectivity index (χ2n) is 4.79. The maximum Gasteiger partial charge on any atom is 0.151 e. The lowest BCUT2D eigenvalue weighted by molar-refractivity contribution is 0.625. The molecule has 0 aliphatic carbocycles. The van der Waals surface area contributed by atoms with E-state index in [9.17, 15) is 9.65 Å². The number of halogens is 2. The maximum absolute atomic E-state index is 13.9. The molecule has 0 saturated carbocycles. The predicted octanol–water partition coefficient (Wildman–Crippen LogP) is 4.43. The van der Waals surface area contributed by atoms with Crippen LogP contribution in [0.4, 0.5) is 4.39 Å². The molecule has 0 radical (unpaired) electrons. The monoisotopic (exact) mass is 311 g/mol. The Morgan fingerprint density at radius 2 is 2.05 bits per heavy atom. The van der Waals surface area contributed by atoms with Gasteiger partial charge in [0.15, 0.2) is 5.82 Å². The van der Waals surface area contributed by atoms with Gasteiger partial charge in [-0.15, -0.1) is 0 Å². The summed E-state index contributed by atoms with van der Waals surface area (Å²) in [6.07, 6.45) is 1.43. The molecule has 0 amide bonds. The minimum absolute atomic E-state index is 0.188. The molecule has 0 saturated heterocycles. The summed E-state index contributed by atoms with van der Waals surface area (Å²) in [5.74, 6) is 0.00188. The molecule has 3 nitrogen and oxygen atoms in total. The average molecular weight is 312 g/mol. The second-order valence-corrected chi connectivity index (χ2v) is 5.20. The summed E-state index contributed by atoms with van der Waals surface area (Å²) in [4.78, 5) is 4.45. The van der Waals surface area contributed by atoms with Crippen molar-refractivity contribution in [3.63, 3.8) is 0 Å². The first kappa shape index (κ1) is 14.3. The summed E-state index contributed by atoms with van der Waals surface area (Å²) in [6, 6.07) is 14.0. The second kappa shape index (κ2) is 5.63. The summed E-state index contributed by atoms with van der Waals surface area (Å²) in [7, 11) is 1.82. The molecule has 22 heavy (non-hydrogen) atoms. The van der Waals surface area contributed by atoms with Crippen LogP contribution >= 0.6 is 11.6 Å². The molecular formula is C17H11ClFN3. The fourth-order valence-corrected chi connectivity index (χ4v) is 2.54. The summed E-state index contributed by atoms with van der Waals surface area (Å²) in [5.41, 5.74) is 2.12. The van der Waals surface area contributed by atoms with Crippen LogP contribution in [0.15, 0.2) is 42.5 Å². The number of imidazole rings is 1. The predicted molar refractivity (Wildman–Crippen MR) is 85.6 cm³/mol. The average Bonchev–Trinajstić information content (AvgIpc) is 2.85. The Labute approximate surface area is 131 Å². The van der Waals surface area contributed by atoms with Crippen molar-refractivity contribution in [3.8, 4) is 6.07 Å². The van der Waals surface area contributed by atoms with Crippen molar-refractivity contribution in [2.45, 2.75) is 0 Å². The van der Waals surface area contributed by atoms with Gasteiger partial charge in [-0.2, -0.15) is 5.26 Å². The van der Waals surface area contributed by atoms with Crippen LogP contribution in [-0.2, 0) is 7.05 Å². The van der Waals surface area contributed by atoms with E-state index in [0.717, 1.165) is 11.0 Å². The zero-order chi connectivity index (χ0) is 15.7. The van der Waals surface area contributed by atoms with Crippen molar-refractivity contribution in [1.29, 1.82) is 5.26 Å². The number of aromatic nitrogens is 2.